The van der Waals surface area contributed by atoms with E-state index >= 15 is 0 Å². The van der Waals surface area contributed by atoms with E-state index in [1.54, 1.807) is 30.3 Å². The lowest BCUT2D eigenvalue weighted by Crippen LogP contribution is -2.23. The molecule has 0 atom stereocenters. The van der Waals surface area contributed by atoms with Crippen LogP contribution in [0.15, 0.2) is 71.5 Å². The van der Waals surface area contributed by atoms with Crippen LogP contribution in [0.5, 0.6) is 0 Å². The number of carbonyl (C=O) groups excluding carboxylic acids is 1. The van der Waals surface area contributed by atoms with E-state index in [1.165, 1.54) is 6.07 Å². The molecule has 0 aliphatic heterocycles. The quantitative estimate of drug-likeness (QED) is 0.778. The van der Waals surface area contributed by atoms with Gasteiger partial charge in [0.2, 0.25) is 0 Å². The van der Waals surface area contributed by atoms with Crippen LogP contribution in [0.4, 0.5) is 5.69 Å². The van der Waals surface area contributed by atoms with E-state index in [4.69, 9.17) is 5.26 Å². The first-order chi connectivity index (χ1) is 11.7. The summed E-state index contributed by atoms with van der Waals surface area (Å²) in [5, 5.41) is 11.6. The fraction of sp³-hybridized carbons (Fsp3) is 0. The number of carbonyl (C=O) groups is 1. The summed E-state index contributed by atoms with van der Waals surface area (Å²) in [5.41, 5.74) is 1.70. The fourth-order valence-corrected chi connectivity index (χ4v) is 2.32. The van der Waals surface area contributed by atoms with E-state index in [9.17, 15) is 9.59 Å². The number of benzene rings is 2. The molecule has 1 amide bonds. The van der Waals surface area contributed by atoms with Gasteiger partial charge in [-0.3, -0.25) is 9.59 Å². The van der Waals surface area contributed by atoms with Crippen LogP contribution in [-0.4, -0.2) is 10.9 Å². The second-order valence-corrected chi connectivity index (χ2v) is 5.09. The van der Waals surface area contributed by atoms with Gasteiger partial charge in [-0.25, -0.2) is 0 Å². The van der Waals surface area contributed by atoms with Gasteiger partial charge in [0.1, 0.15) is 11.6 Å². The second-order valence-electron chi connectivity index (χ2n) is 5.09. The molecule has 5 nitrogen and oxygen atoms in total. The third-order valence-electron chi connectivity index (χ3n) is 3.53. The third-order valence-corrected chi connectivity index (χ3v) is 3.53. The predicted octanol–water partition coefficient (Wildman–Crippen LogP) is 3.17. The molecular weight excluding hydrogens is 302 g/mol. The van der Waals surface area contributed by atoms with Gasteiger partial charge in [-0.2, -0.15) is 5.26 Å². The van der Waals surface area contributed by atoms with Gasteiger partial charge in [-0.05, 0) is 29.8 Å². The highest BCUT2D eigenvalue weighted by Gasteiger charge is 2.13. The second kappa shape index (κ2) is 6.63. The summed E-state index contributed by atoms with van der Waals surface area (Å²) in [6, 6.07) is 21.1. The Morgan fingerprint density at radius 2 is 1.67 bits per heavy atom. The number of anilines is 1. The largest absolute Gasteiger partial charge is 0.321 e. The summed E-state index contributed by atoms with van der Waals surface area (Å²) in [7, 11) is 0. The molecule has 0 fully saturated rings. The highest BCUT2D eigenvalue weighted by atomic mass is 16.2. The number of rotatable bonds is 3. The maximum atomic E-state index is 12.3. The van der Waals surface area contributed by atoms with E-state index in [0.717, 1.165) is 5.56 Å². The molecule has 0 aliphatic rings. The van der Waals surface area contributed by atoms with Crippen molar-refractivity contribution in [3.8, 4) is 17.3 Å². The van der Waals surface area contributed by atoms with Crippen molar-refractivity contribution in [1.82, 2.24) is 4.98 Å². The molecule has 0 saturated heterocycles. The van der Waals surface area contributed by atoms with Crippen LogP contribution in [0.1, 0.15) is 15.9 Å². The standard InChI is InChI=1S/C19H13N3O2/c20-12-14-8-4-5-9-16(14)21-18(23)15-10-11-17(22-19(15)24)13-6-2-1-3-7-13/h1-11H,(H,21,23)(H,22,24). The normalized spacial score (nSPS) is 9.96. The minimum absolute atomic E-state index is 0.0116. The van der Waals surface area contributed by atoms with E-state index in [2.05, 4.69) is 10.3 Å². The van der Waals surface area contributed by atoms with Crippen molar-refractivity contribution >= 4 is 11.6 Å². The van der Waals surface area contributed by atoms with Gasteiger partial charge in [0.05, 0.1) is 11.3 Å². The first-order valence-electron chi connectivity index (χ1n) is 7.28. The highest BCUT2D eigenvalue weighted by Crippen LogP contribution is 2.16. The molecule has 3 rings (SSSR count). The van der Waals surface area contributed by atoms with Crippen LogP contribution >= 0.6 is 0 Å². The van der Waals surface area contributed by atoms with Gasteiger partial charge < -0.3 is 10.3 Å². The summed E-state index contributed by atoms with van der Waals surface area (Å²) in [6.45, 7) is 0. The fourth-order valence-electron chi connectivity index (χ4n) is 2.32. The zero-order chi connectivity index (χ0) is 16.9. The Labute approximate surface area is 138 Å². The number of aromatic nitrogens is 1. The Bertz CT molecular complexity index is 985. The first-order valence-corrected chi connectivity index (χ1v) is 7.28. The maximum Gasteiger partial charge on any atom is 0.261 e. The van der Waals surface area contributed by atoms with E-state index in [1.807, 2.05) is 36.4 Å². The Kier molecular flexibility index (Phi) is 4.21. The van der Waals surface area contributed by atoms with Gasteiger partial charge in [0.25, 0.3) is 11.5 Å². The molecule has 0 spiro atoms. The van der Waals surface area contributed by atoms with Crippen molar-refractivity contribution < 1.29 is 4.79 Å². The van der Waals surface area contributed by atoms with Crippen molar-refractivity contribution in [2.24, 2.45) is 0 Å². The van der Waals surface area contributed by atoms with Gasteiger partial charge in [0.15, 0.2) is 0 Å². The summed E-state index contributed by atoms with van der Waals surface area (Å²) in [5.74, 6) is -0.557. The molecule has 5 heteroatoms. The summed E-state index contributed by atoms with van der Waals surface area (Å²) >= 11 is 0. The molecule has 1 aromatic heterocycles. The van der Waals surface area contributed by atoms with Crippen molar-refractivity contribution in [2.75, 3.05) is 5.32 Å². The molecule has 2 aromatic carbocycles. The molecule has 0 radical (unpaired) electrons. The molecule has 0 bridgehead atoms. The van der Waals surface area contributed by atoms with Crippen LogP contribution in [0, 0.1) is 11.3 Å². The van der Waals surface area contributed by atoms with Crippen molar-refractivity contribution in [2.45, 2.75) is 0 Å². The molecular formula is C19H13N3O2. The SMILES string of the molecule is N#Cc1ccccc1NC(=O)c1ccc(-c2ccccc2)[nH]c1=O. The first kappa shape index (κ1) is 15.3. The smallest absolute Gasteiger partial charge is 0.261 e. The molecule has 0 unspecified atom stereocenters. The summed E-state index contributed by atoms with van der Waals surface area (Å²) in [6.07, 6.45) is 0. The molecule has 24 heavy (non-hydrogen) atoms. The Balaban J connectivity index is 1.89. The predicted molar refractivity (Wildman–Crippen MR) is 91.6 cm³/mol. The van der Waals surface area contributed by atoms with Crippen molar-refractivity contribution in [3.05, 3.63) is 88.2 Å². The number of amides is 1. The monoisotopic (exact) mass is 315 g/mol. The van der Waals surface area contributed by atoms with Gasteiger partial charge >= 0.3 is 0 Å². The third kappa shape index (κ3) is 3.08. The van der Waals surface area contributed by atoms with Gasteiger partial charge in [-0.15, -0.1) is 0 Å². The molecule has 0 saturated carbocycles. The Morgan fingerprint density at radius 1 is 0.958 bits per heavy atom. The van der Waals surface area contributed by atoms with E-state index in [0.29, 0.717) is 16.9 Å². The van der Waals surface area contributed by atoms with Gasteiger partial charge in [0, 0.05) is 5.69 Å². The topological polar surface area (TPSA) is 85.8 Å². The average Bonchev–Trinajstić information content (AvgIpc) is 2.62. The number of hydrogen-bond acceptors (Lipinski definition) is 3. The number of nitriles is 1. The van der Waals surface area contributed by atoms with Crippen LogP contribution in [0.25, 0.3) is 11.3 Å². The molecule has 2 N–H and O–H groups in total. The molecule has 1 heterocycles. The lowest BCUT2D eigenvalue weighted by Gasteiger charge is -2.07. The minimum atomic E-state index is -0.557. The number of nitrogens with zero attached hydrogens (tertiary/aromatic N) is 1. The Hall–Kier alpha value is -3.65. The number of H-pyrrole nitrogens is 1. The van der Waals surface area contributed by atoms with Crippen LogP contribution in [0.3, 0.4) is 0 Å². The summed E-state index contributed by atoms with van der Waals surface area (Å²) < 4.78 is 0. The highest BCUT2D eigenvalue weighted by molar-refractivity contribution is 6.04. The van der Waals surface area contributed by atoms with E-state index in [-0.39, 0.29) is 5.56 Å². The van der Waals surface area contributed by atoms with Gasteiger partial charge in [-0.1, -0.05) is 42.5 Å². The van der Waals surface area contributed by atoms with Crippen LogP contribution in [-0.2, 0) is 0 Å². The number of nitrogens with one attached hydrogen (secondary N) is 2. The number of hydrogen-bond donors (Lipinski definition) is 2. The Morgan fingerprint density at radius 3 is 2.38 bits per heavy atom. The van der Waals surface area contributed by atoms with Crippen LogP contribution < -0.4 is 10.9 Å². The minimum Gasteiger partial charge on any atom is -0.321 e. The lowest BCUT2D eigenvalue weighted by atomic mass is 10.1. The molecule has 0 aliphatic carbocycles. The van der Waals surface area contributed by atoms with Crippen LogP contribution in [0.2, 0.25) is 0 Å². The number of para-hydroxylation sites is 1. The van der Waals surface area contributed by atoms with Crippen molar-refractivity contribution in [3.63, 3.8) is 0 Å². The zero-order valence-corrected chi connectivity index (χ0v) is 12.6. The maximum absolute atomic E-state index is 12.3. The number of pyridine rings is 1. The van der Waals surface area contributed by atoms with E-state index < -0.39 is 11.5 Å². The molecule has 116 valence electrons. The average molecular weight is 315 g/mol. The zero-order valence-electron chi connectivity index (χ0n) is 12.6. The molecule has 3 aromatic rings. The van der Waals surface area contributed by atoms with Crippen molar-refractivity contribution in [1.29, 1.82) is 5.26 Å². The lowest BCUT2D eigenvalue weighted by molar-refractivity contribution is 0.102. The summed E-state index contributed by atoms with van der Waals surface area (Å²) in [4.78, 5) is 27.2. The number of aromatic amines is 1.